The molecule has 8 nitrogen and oxygen atoms in total. The molecule has 0 atom stereocenters. The second-order valence-electron chi connectivity index (χ2n) is 5.52. The third-order valence-electron chi connectivity index (χ3n) is 3.49. The van der Waals surface area contributed by atoms with Gasteiger partial charge in [0.1, 0.15) is 11.5 Å². The number of benzene rings is 2. The lowest BCUT2D eigenvalue weighted by atomic mass is 10.2. The van der Waals surface area contributed by atoms with Gasteiger partial charge in [-0.05, 0) is 24.3 Å². The van der Waals surface area contributed by atoms with Crippen LogP contribution in [0.1, 0.15) is 10.4 Å². The van der Waals surface area contributed by atoms with Crippen LogP contribution in [0.4, 0.5) is 5.69 Å². The summed E-state index contributed by atoms with van der Waals surface area (Å²) in [4.78, 5) is 24.0. The van der Waals surface area contributed by atoms with E-state index in [1.54, 1.807) is 18.2 Å². The van der Waals surface area contributed by atoms with Crippen LogP contribution in [0.5, 0.6) is 11.5 Å². The average molecular weight is 393 g/mol. The summed E-state index contributed by atoms with van der Waals surface area (Å²) < 4.78 is 38.0. The summed E-state index contributed by atoms with van der Waals surface area (Å²) in [6.45, 7) is -0.508. The van der Waals surface area contributed by atoms with Crippen LogP contribution in [-0.2, 0) is 19.4 Å². The summed E-state index contributed by atoms with van der Waals surface area (Å²) in [6.07, 6.45) is 1.07. The molecule has 0 unspecified atom stereocenters. The van der Waals surface area contributed by atoms with E-state index in [1.807, 2.05) is 0 Å². The zero-order valence-electron chi connectivity index (χ0n) is 15.0. The molecule has 144 valence electrons. The second-order valence-corrected chi connectivity index (χ2v) is 7.54. The van der Waals surface area contributed by atoms with E-state index in [0.29, 0.717) is 17.2 Å². The number of amides is 1. The van der Waals surface area contributed by atoms with E-state index < -0.39 is 28.3 Å². The fourth-order valence-corrected chi connectivity index (χ4v) is 2.76. The Morgan fingerprint density at radius 1 is 0.963 bits per heavy atom. The van der Waals surface area contributed by atoms with Gasteiger partial charge in [0, 0.05) is 30.1 Å². The minimum absolute atomic E-state index is 0.0868. The molecule has 2 aromatic carbocycles. The molecule has 1 N–H and O–H groups in total. The van der Waals surface area contributed by atoms with Crippen molar-refractivity contribution in [2.45, 2.75) is 4.90 Å². The number of esters is 1. The van der Waals surface area contributed by atoms with Crippen molar-refractivity contribution in [3.63, 3.8) is 0 Å². The summed E-state index contributed by atoms with van der Waals surface area (Å²) in [5.74, 6) is -0.306. The predicted molar refractivity (Wildman–Crippen MR) is 98.0 cm³/mol. The number of carbonyl (C=O) groups is 2. The molecule has 1 amide bonds. The minimum Gasteiger partial charge on any atom is -0.497 e. The highest BCUT2D eigenvalue weighted by molar-refractivity contribution is 7.90. The number of hydrogen-bond acceptors (Lipinski definition) is 7. The van der Waals surface area contributed by atoms with Crippen molar-refractivity contribution in [3.8, 4) is 11.5 Å². The number of rotatable bonds is 7. The van der Waals surface area contributed by atoms with Crippen LogP contribution in [0, 0.1) is 0 Å². The van der Waals surface area contributed by atoms with Crippen molar-refractivity contribution in [1.29, 1.82) is 0 Å². The third kappa shape index (κ3) is 5.71. The molecule has 0 aliphatic carbocycles. The minimum atomic E-state index is -3.35. The summed E-state index contributed by atoms with van der Waals surface area (Å²) in [5.41, 5.74) is 0.558. The van der Waals surface area contributed by atoms with Crippen molar-refractivity contribution < 1.29 is 32.2 Å². The van der Waals surface area contributed by atoms with Crippen LogP contribution in [0.25, 0.3) is 0 Å². The summed E-state index contributed by atoms with van der Waals surface area (Å²) >= 11 is 0. The molecule has 0 fully saturated rings. The average Bonchev–Trinajstić information content (AvgIpc) is 2.65. The van der Waals surface area contributed by atoms with E-state index in [2.05, 4.69) is 5.32 Å². The zero-order valence-corrected chi connectivity index (χ0v) is 15.8. The Hall–Kier alpha value is -3.07. The molecule has 0 heterocycles. The normalized spacial score (nSPS) is 10.8. The second kappa shape index (κ2) is 8.54. The molecule has 2 rings (SSSR count). The third-order valence-corrected chi connectivity index (χ3v) is 4.62. The van der Waals surface area contributed by atoms with Gasteiger partial charge < -0.3 is 19.5 Å². The molecule has 0 aromatic heterocycles. The van der Waals surface area contributed by atoms with Crippen molar-refractivity contribution in [3.05, 3.63) is 48.0 Å². The molecule has 9 heteroatoms. The lowest BCUT2D eigenvalue weighted by Crippen LogP contribution is -2.21. The van der Waals surface area contributed by atoms with E-state index in [0.717, 1.165) is 6.26 Å². The number of nitrogens with one attached hydrogen (secondary N) is 1. The number of anilines is 1. The van der Waals surface area contributed by atoms with Gasteiger partial charge in [0.25, 0.3) is 5.91 Å². The van der Waals surface area contributed by atoms with Gasteiger partial charge in [-0.15, -0.1) is 0 Å². The van der Waals surface area contributed by atoms with Crippen LogP contribution < -0.4 is 14.8 Å². The number of hydrogen-bond donors (Lipinski definition) is 1. The maximum atomic E-state index is 12.0. The first kappa shape index (κ1) is 20.2. The van der Waals surface area contributed by atoms with Crippen molar-refractivity contribution in [2.24, 2.45) is 0 Å². The Morgan fingerprint density at radius 3 is 2.00 bits per heavy atom. The van der Waals surface area contributed by atoms with Gasteiger partial charge in [-0.3, -0.25) is 4.79 Å². The fraction of sp³-hybridized carbons (Fsp3) is 0.222. The molecule has 0 aliphatic heterocycles. The summed E-state index contributed by atoms with van der Waals surface area (Å²) in [5, 5.41) is 2.57. The Morgan fingerprint density at radius 2 is 1.52 bits per heavy atom. The molecule has 0 saturated carbocycles. The number of carbonyl (C=O) groups excluding carboxylic acids is 2. The maximum Gasteiger partial charge on any atom is 0.338 e. The van der Waals surface area contributed by atoms with Crippen molar-refractivity contribution in [2.75, 3.05) is 32.4 Å². The number of sulfone groups is 1. The van der Waals surface area contributed by atoms with Crippen LogP contribution in [0.15, 0.2) is 47.4 Å². The van der Waals surface area contributed by atoms with Gasteiger partial charge in [-0.25, -0.2) is 13.2 Å². The van der Waals surface area contributed by atoms with E-state index in [1.165, 1.54) is 38.5 Å². The summed E-state index contributed by atoms with van der Waals surface area (Å²) in [7, 11) is -0.387. The van der Waals surface area contributed by atoms with Crippen LogP contribution in [-0.4, -0.2) is 47.4 Å². The molecule has 0 saturated heterocycles. The SMILES string of the molecule is COc1cc(NC(=O)COC(=O)c2ccc(S(C)(=O)=O)cc2)cc(OC)c1. The Balaban J connectivity index is 1.96. The fourth-order valence-electron chi connectivity index (χ4n) is 2.13. The number of methoxy groups -OCH3 is 2. The lowest BCUT2D eigenvalue weighted by Gasteiger charge is -2.10. The Labute approximate surface area is 157 Å². The quantitative estimate of drug-likeness (QED) is 0.716. The number of ether oxygens (including phenoxy) is 3. The largest absolute Gasteiger partial charge is 0.497 e. The first-order valence-electron chi connectivity index (χ1n) is 7.73. The predicted octanol–water partition coefficient (Wildman–Crippen LogP) is 1.90. The van der Waals surface area contributed by atoms with Gasteiger partial charge in [0.15, 0.2) is 16.4 Å². The van der Waals surface area contributed by atoms with Crippen LogP contribution >= 0.6 is 0 Å². The zero-order chi connectivity index (χ0) is 20.0. The lowest BCUT2D eigenvalue weighted by molar-refractivity contribution is -0.119. The highest BCUT2D eigenvalue weighted by Crippen LogP contribution is 2.25. The van der Waals surface area contributed by atoms with E-state index in [-0.39, 0.29) is 10.5 Å². The molecule has 0 spiro atoms. The van der Waals surface area contributed by atoms with Gasteiger partial charge >= 0.3 is 5.97 Å². The highest BCUT2D eigenvalue weighted by atomic mass is 32.2. The van der Waals surface area contributed by atoms with Gasteiger partial charge in [0.05, 0.1) is 24.7 Å². The first-order chi connectivity index (χ1) is 12.7. The molecule has 2 aromatic rings. The monoisotopic (exact) mass is 393 g/mol. The van der Waals surface area contributed by atoms with E-state index in [9.17, 15) is 18.0 Å². The molecular weight excluding hydrogens is 374 g/mol. The Bertz CT molecular complexity index is 914. The first-order valence-corrected chi connectivity index (χ1v) is 9.62. The molecule has 27 heavy (non-hydrogen) atoms. The Kier molecular flexibility index (Phi) is 6.40. The van der Waals surface area contributed by atoms with Gasteiger partial charge in [-0.2, -0.15) is 0 Å². The molecule has 0 bridgehead atoms. The molecule has 0 radical (unpaired) electrons. The van der Waals surface area contributed by atoms with Crippen molar-refractivity contribution >= 4 is 27.4 Å². The smallest absolute Gasteiger partial charge is 0.338 e. The molecular formula is C18H19NO7S. The maximum absolute atomic E-state index is 12.0. The topological polar surface area (TPSA) is 108 Å². The highest BCUT2D eigenvalue weighted by Gasteiger charge is 2.13. The van der Waals surface area contributed by atoms with Gasteiger partial charge in [-0.1, -0.05) is 0 Å². The van der Waals surface area contributed by atoms with Crippen molar-refractivity contribution in [1.82, 2.24) is 0 Å². The van der Waals surface area contributed by atoms with Crippen LogP contribution in [0.3, 0.4) is 0 Å². The van der Waals surface area contributed by atoms with Crippen LogP contribution in [0.2, 0.25) is 0 Å². The summed E-state index contributed by atoms with van der Waals surface area (Å²) in [6, 6.07) is 10.1. The van der Waals surface area contributed by atoms with E-state index in [4.69, 9.17) is 14.2 Å². The standard InChI is InChI=1S/C18H19NO7S/c1-24-14-8-13(9-15(10-14)25-2)19-17(20)11-26-18(21)12-4-6-16(7-5-12)27(3,22)23/h4-10H,11H2,1-3H3,(H,19,20). The van der Waals surface area contributed by atoms with Gasteiger partial charge in [0.2, 0.25) is 0 Å². The molecule has 0 aliphatic rings. The van der Waals surface area contributed by atoms with E-state index >= 15 is 0 Å².